The summed E-state index contributed by atoms with van der Waals surface area (Å²) in [6.07, 6.45) is 0. The lowest BCUT2D eigenvalue weighted by molar-refractivity contribution is 0.146. The Hall–Kier alpha value is -1.43. The summed E-state index contributed by atoms with van der Waals surface area (Å²) in [5, 5.41) is 0. The normalized spacial score (nSPS) is 12.2. The third-order valence-electron chi connectivity index (χ3n) is 3.10. The van der Waals surface area contributed by atoms with Gasteiger partial charge in [0.05, 0.1) is 17.1 Å². The van der Waals surface area contributed by atoms with E-state index in [-0.39, 0.29) is 5.82 Å². The molecule has 0 spiro atoms. The third kappa shape index (κ3) is 4.03. The summed E-state index contributed by atoms with van der Waals surface area (Å²) in [6.45, 7) is 0.983. The summed E-state index contributed by atoms with van der Waals surface area (Å²) in [4.78, 5) is 0. The van der Waals surface area contributed by atoms with E-state index in [2.05, 4.69) is 15.9 Å². The molecular formula is C16H17BrFNO2. The van der Waals surface area contributed by atoms with Crippen molar-refractivity contribution in [1.82, 2.24) is 0 Å². The van der Waals surface area contributed by atoms with Gasteiger partial charge in [-0.3, -0.25) is 0 Å². The van der Waals surface area contributed by atoms with Crippen molar-refractivity contribution in [2.75, 3.05) is 20.3 Å². The molecule has 0 saturated carbocycles. The van der Waals surface area contributed by atoms with Gasteiger partial charge in [-0.15, -0.1) is 0 Å². The molecule has 0 radical (unpaired) electrons. The fraction of sp³-hybridized carbons (Fsp3) is 0.250. The van der Waals surface area contributed by atoms with Gasteiger partial charge in [0.25, 0.3) is 0 Å². The molecule has 0 aliphatic heterocycles. The van der Waals surface area contributed by atoms with Crippen molar-refractivity contribution in [3.8, 4) is 5.75 Å². The summed E-state index contributed by atoms with van der Waals surface area (Å²) in [6, 6.07) is 11.5. The summed E-state index contributed by atoms with van der Waals surface area (Å²) >= 11 is 3.44. The van der Waals surface area contributed by atoms with Crippen LogP contribution >= 0.6 is 15.9 Å². The Balaban J connectivity index is 2.18. The molecule has 2 aromatic carbocycles. The van der Waals surface area contributed by atoms with Crippen LogP contribution in [-0.2, 0) is 4.74 Å². The molecule has 0 aromatic heterocycles. The van der Waals surface area contributed by atoms with Crippen LogP contribution in [0.25, 0.3) is 0 Å². The molecule has 0 saturated heterocycles. The van der Waals surface area contributed by atoms with E-state index in [4.69, 9.17) is 15.2 Å². The molecule has 2 N–H and O–H groups in total. The predicted octanol–water partition coefficient (Wildman–Crippen LogP) is 3.66. The van der Waals surface area contributed by atoms with Crippen molar-refractivity contribution in [2.24, 2.45) is 5.73 Å². The number of hydrogen-bond donors (Lipinski definition) is 1. The molecule has 5 heteroatoms. The zero-order valence-corrected chi connectivity index (χ0v) is 13.3. The number of methoxy groups -OCH3 is 1. The SMILES string of the molecule is COCCOc1ccc(C(N)c2ccccc2F)cc1Br. The van der Waals surface area contributed by atoms with Gasteiger partial charge in [-0.2, -0.15) is 0 Å². The first kappa shape index (κ1) is 15.9. The molecular weight excluding hydrogens is 337 g/mol. The maximum atomic E-state index is 13.8. The number of halogens is 2. The van der Waals surface area contributed by atoms with Crippen LogP contribution in [-0.4, -0.2) is 20.3 Å². The number of rotatable bonds is 6. The predicted molar refractivity (Wildman–Crippen MR) is 83.9 cm³/mol. The lowest BCUT2D eigenvalue weighted by atomic mass is 9.99. The van der Waals surface area contributed by atoms with Crippen LogP contribution in [0.2, 0.25) is 0 Å². The molecule has 0 aliphatic rings. The molecule has 0 fully saturated rings. The van der Waals surface area contributed by atoms with Crippen molar-refractivity contribution < 1.29 is 13.9 Å². The van der Waals surface area contributed by atoms with Gasteiger partial charge in [0, 0.05) is 12.7 Å². The van der Waals surface area contributed by atoms with E-state index >= 15 is 0 Å². The highest BCUT2D eigenvalue weighted by Gasteiger charge is 2.14. The molecule has 21 heavy (non-hydrogen) atoms. The summed E-state index contributed by atoms with van der Waals surface area (Å²) in [5.41, 5.74) is 7.42. The second kappa shape index (κ2) is 7.54. The molecule has 112 valence electrons. The molecule has 2 aromatic rings. The first-order valence-electron chi connectivity index (χ1n) is 6.54. The Morgan fingerprint density at radius 3 is 2.62 bits per heavy atom. The summed E-state index contributed by atoms with van der Waals surface area (Å²) in [7, 11) is 1.62. The highest BCUT2D eigenvalue weighted by molar-refractivity contribution is 9.10. The Morgan fingerprint density at radius 2 is 1.95 bits per heavy atom. The quantitative estimate of drug-likeness (QED) is 0.806. The Labute approximate surface area is 132 Å². The second-order valence-electron chi connectivity index (χ2n) is 4.53. The van der Waals surface area contributed by atoms with Crippen LogP contribution in [0.1, 0.15) is 17.2 Å². The highest BCUT2D eigenvalue weighted by atomic mass is 79.9. The molecule has 0 bridgehead atoms. The van der Waals surface area contributed by atoms with Crippen molar-refractivity contribution in [3.05, 3.63) is 63.9 Å². The third-order valence-corrected chi connectivity index (χ3v) is 3.72. The van der Waals surface area contributed by atoms with Crippen LogP contribution in [0.15, 0.2) is 46.9 Å². The number of benzene rings is 2. The Morgan fingerprint density at radius 1 is 1.19 bits per heavy atom. The van der Waals surface area contributed by atoms with Crippen molar-refractivity contribution in [2.45, 2.75) is 6.04 Å². The lowest BCUT2D eigenvalue weighted by Crippen LogP contribution is -2.13. The van der Waals surface area contributed by atoms with Gasteiger partial charge in [-0.25, -0.2) is 4.39 Å². The first-order valence-corrected chi connectivity index (χ1v) is 7.34. The second-order valence-corrected chi connectivity index (χ2v) is 5.38. The maximum absolute atomic E-state index is 13.8. The van der Waals surface area contributed by atoms with Crippen LogP contribution in [0, 0.1) is 5.82 Å². The van der Waals surface area contributed by atoms with E-state index in [0.29, 0.717) is 24.5 Å². The maximum Gasteiger partial charge on any atom is 0.133 e. The topological polar surface area (TPSA) is 44.5 Å². The highest BCUT2D eigenvalue weighted by Crippen LogP contribution is 2.30. The van der Waals surface area contributed by atoms with Gasteiger partial charge in [0.1, 0.15) is 18.2 Å². The van der Waals surface area contributed by atoms with Gasteiger partial charge < -0.3 is 15.2 Å². The van der Waals surface area contributed by atoms with Crippen LogP contribution in [0.3, 0.4) is 0 Å². The lowest BCUT2D eigenvalue weighted by Gasteiger charge is -2.15. The minimum atomic E-state index is -0.518. The zero-order valence-electron chi connectivity index (χ0n) is 11.7. The Bertz CT molecular complexity index is 607. The van der Waals surface area contributed by atoms with Crippen LogP contribution < -0.4 is 10.5 Å². The van der Waals surface area contributed by atoms with E-state index < -0.39 is 6.04 Å². The average Bonchev–Trinajstić information content (AvgIpc) is 2.49. The van der Waals surface area contributed by atoms with Crippen LogP contribution in [0.5, 0.6) is 5.75 Å². The molecule has 3 nitrogen and oxygen atoms in total. The minimum Gasteiger partial charge on any atom is -0.490 e. The number of hydrogen-bond acceptors (Lipinski definition) is 3. The smallest absolute Gasteiger partial charge is 0.133 e. The number of nitrogens with two attached hydrogens (primary N) is 1. The van der Waals surface area contributed by atoms with Gasteiger partial charge in [0.15, 0.2) is 0 Å². The van der Waals surface area contributed by atoms with Crippen LogP contribution in [0.4, 0.5) is 4.39 Å². The number of ether oxygens (including phenoxy) is 2. The largest absolute Gasteiger partial charge is 0.490 e. The molecule has 1 atom stereocenters. The van der Waals surface area contributed by atoms with E-state index in [1.165, 1.54) is 6.07 Å². The average molecular weight is 354 g/mol. The summed E-state index contributed by atoms with van der Waals surface area (Å²) < 4.78 is 25.1. The minimum absolute atomic E-state index is 0.304. The van der Waals surface area contributed by atoms with Gasteiger partial charge in [0.2, 0.25) is 0 Å². The zero-order chi connectivity index (χ0) is 15.2. The van der Waals surface area contributed by atoms with E-state index in [1.54, 1.807) is 25.3 Å². The molecule has 0 aliphatic carbocycles. The van der Waals surface area contributed by atoms with Gasteiger partial charge in [-0.05, 0) is 39.7 Å². The fourth-order valence-corrected chi connectivity index (χ4v) is 2.48. The van der Waals surface area contributed by atoms with E-state index in [9.17, 15) is 4.39 Å². The summed E-state index contributed by atoms with van der Waals surface area (Å²) in [5.74, 6) is 0.401. The van der Waals surface area contributed by atoms with E-state index in [1.807, 2.05) is 18.2 Å². The van der Waals surface area contributed by atoms with Gasteiger partial charge >= 0.3 is 0 Å². The van der Waals surface area contributed by atoms with Crippen molar-refractivity contribution in [1.29, 1.82) is 0 Å². The van der Waals surface area contributed by atoms with E-state index in [0.717, 1.165) is 10.0 Å². The molecule has 0 amide bonds. The monoisotopic (exact) mass is 353 g/mol. The first-order chi connectivity index (χ1) is 10.1. The Kier molecular flexibility index (Phi) is 5.73. The van der Waals surface area contributed by atoms with Gasteiger partial charge in [-0.1, -0.05) is 24.3 Å². The molecule has 0 heterocycles. The molecule has 1 unspecified atom stereocenters. The van der Waals surface area contributed by atoms with Crippen molar-refractivity contribution >= 4 is 15.9 Å². The fourth-order valence-electron chi connectivity index (χ4n) is 1.97. The van der Waals surface area contributed by atoms with Crippen molar-refractivity contribution in [3.63, 3.8) is 0 Å². The standard InChI is InChI=1S/C16H17BrFNO2/c1-20-8-9-21-15-7-6-11(10-13(15)17)16(19)12-4-2-3-5-14(12)18/h2-7,10,16H,8-9,19H2,1H3. The molecule has 2 rings (SSSR count).